The summed E-state index contributed by atoms with van der Waals surface area (Å²) >= 11 is 0. The van der Waals surface area contributed by atoms with Gasteiger partial charge >= 0.3 is 5.97 Å². The van der Waals surface area contributed by atoms with Crippen LogP contribution >= 0.6 is 0 Å². The fourth-order valence-electron chi connectivity index (χ4n) is 4.37. The van der Waals surface area contributed by atoms with Crippen LogP contribution in [0.15, 0.2) is 71.3 Å². The second-order valence-electron chi connectivity index (χ2n) is 8.77. The third-order valence-corrected chi connectivity index (χ3v) is 6.20. The fourth-order valence-corrected chi connectivity index (χ4v) is 4.37. The van der Waals surface area contributed by atoms with Crippen LogP contribution in [0.1, 0.15) is 41.4 Å². The molecule has 0 saturated carbocycles. The van der Waals surface area contributed by atoms with Crippen molar-refractivity contribution in [1.82, 2.24) is 4.90 Å². The van der Waals surface area contributed by atoms with Crippen LogP contribution in [-0.4, -0.2) is 42.4 Å². The number of esters is 1. The first kappa shape index (κ1) is 25.2. The Morgan fingerprint density at radius 2 is 1.89 bits per heavy atom. The number of benzene rings is 2. The maximum absolute atomic E-state index is 13.7. The molecule has 1 fully saturated rings. The van der Waals surface area contributed by atoms with Crippen molar-refractivity contribution >= 4 is 23.5 Å². The maximum atomic E-state index is 13.7. The monoisotopic (exact) mass is 492 g/mol. The number of carbonyl (C=O) groups excluding carboxylic acids is 3. The number of furan rings is 1. The van der Waals surface area contributed by atoms with Crippen LogP contribution in [0.4, 0.5) is 10.1 Å². The van der Waals surface area contributed by atoms with Crippen LogP contribution in [-0.2, 0) is 27.3 Å². The number of nitrogens with zero attached hydrogens (tertiary/aromatic N) is 2. The Kier molecular flexibility index (Phi) is 8.15. The summed E-state index contributed by atoms with van der Waals surface area (Å²) in [6.45, 7) is 3.24. The van der Waals surface area contributed by atoms with Gasteiger partial charge in [-0.05, 0) is 67.3 Å². The molecule has 2 amide bonds. The molecule has 2 heterocycles. The van der Waals surface area contributed by atoms with Crippen molar-refractivity contribution in [3.63, 3.8) is 0 Å². The summed E-state index contributed by atoms with van der Waals surface area (Å²) < 4.78 is 24.2. The normalized spacial score (nSPS) is 15.4. The van der Waals surface area contributed by atoms with Crippen molar-refractivity contribution in [3.05, 3.63) is 89.6 Å². The van der Waals surface area contributed by atoms with Gasteiger partial charge in [-0.1, -0.05) is 24.3 Å². The molecule has 8 heteroatoms. The minimum Gasteiger partial charge on any atom is -0.466 e. The molecule has 1 atom stereocenters. The lowest BCUT2D eigenvalue weighted by Crippen LogP contribution is -2.43. The number of hydrogen-bond acceptors (Lipinski definition) is 5. The highest BCUT2D eigenvalue weighted by molar-refractivity contribution is 6.04. The molecule has 2 aromatic carbocycles. The number of ether oxygens (including phenoxy) is 1. The highest BCUT2D eigenvalue weighted by atomic mass is 19.1. The summed E-state index contributed by atoms with van der Waals surface area (Å²) in [6.07, 6.45) is 3.10. The average Bonchev–Trinajstić information content (AvgIpc) is 3.43. The van der Waals surface area contributed by atoms with E-state index in [9.17, 15) is 18.8 Å². The minimum absolute atomic E-state index is 0.0555. The van der Waals surface area contributed by atoms with Crippen molar-refractivity contribution in [2.24, 2.45) is 5.92 Å². The summed E-state index contributed by atoms with van der Waals surface area (Å²) in [5, 5.41) is 0. The fraction of sp³-hybridized carbons (Fsp3) is 0.321. The van der Waals surface area contributed by atoms with E-state index in [1.165, 1.54) is 23.3 Å². The molecular weight excluding hydrogens is 463 g/mol. The highest BCUT2D eigenvalue weighted by Crippen LogP contribution is 2.23. The van der Waals surface area contributed by atoms with Crippen LogP contribution < -0.4 is 4.90 Å². The summed E-state index contributed by atoms with van der Waals surface area (Å²) in [5.41, 5.74) is 2.02. The number of carbonyl (C=O) groups is 3. The zero-order valence-corrected chi connectivity index (χ0v) is 20.2. The Bertz CT molecular complexity index is 1190. The van der Waals surface area contributed by atoms with Gasteiger partial charge in [0.2, 0.25) is 5.91 Å². The lowest BCUT2D eigenvalue weighted by atomic mass is 9.97. The SMILES string of the molecule is CCOC(=O)[C@@H]1CCCN(C(=O)Cc2ccc(N(Cc3cccc(F)c3)C(=O)c3ccco3)cc2)C1. The van der Waals surface area contributed by atoms with Gasteiger partial charge in [-0.2, -0.15) is 0 Å². The molecule has 1 saturated heterocycles. The van der Waals surface area contributed by atoms with Crippen LogP contribution in [0, 0.1) is 11.7 Å². The first-order chi connectivity index (χ1) is 17.4. The van der Waals surface area contributed by atoms with E-state index >= 15 is 0 Å². The van der Waals surface area contributed by atoms with Crippen molar-refractivity contribution in [2.45, 2.75) is 32.7 Å². The molecule has 0 N–H and O–H groups in total. The maximum Gasteiger partial charge on any atom is 0.310 e. The van der Waals surface area contributed by atoms with E-state index < -0.39 is 0 Å². The predicted molar refractivity (Wildman–Crippen MR) is 132 cm³/mol. The molecular formula is C28H29FN2O5. The van der Waals surface area contributed by atoms with E-state index in [0.717, 1.165) is 18.4 Å². The van der Waals surface area contributed by atoms with Gasteiger partial charge in [0.1, 0.15) is 5.82 Å². The summed E-state index contributed by atoms with van der Waals surface area (Å²) in [6, 6.07) is 16.4. The number of hydrogen-bond donors (Lipinski definition) is 0. The van der Waals surface area contributed by atoms with Gasteiger partial charge in [0.05, 0.1) is 31.8 Å². The van der Waals surface area contributed by atoms with Crippen LogP contribution in [0.25, 0.3) is 0 Å². The number of likely N-dealkylation sites (tertiary alicyclic amines) is 1. The minimum atomic E-state index is -0.380. The molecule has 4 rings (SSSR count). The number of piperidine rings is 1. The molecule has 0 spiro atoms. The van der Waals surface area contributed by atoms with E-state index in [1.807, 2.05) is 0 Å². The molecule has 0 aliphatic carbocycles. The topological polar surface area (TPSA) is 80.1 Å². The zero-order chi connectivity index (χ0) is 25.5. The standard InChI is InChI=1S/C28H29FN2O5/c1-2-35-28(34)22-7-4-14-30(19-22)26(32)17-20-10-12-24(13-11-20)31(27(33)25-9-5-15-36-25)18-21-6-3-8-23(29)16-21/h3,5-6,8-13,15-16,22H,2,4,7,14,17-19H2,1H3/t22-/m1/s1. The van der Waals surface area contributed by atoms with Crippen molar-refractivity contribution in [3.8, 4) is 0 Å². The molecule has 1 aliphatic rings. The Balaban J connectivity index is 1.46. The average molecular weight is 493 g/mol. The van der Waals surface area contributed by atoms with E-state index in [-0.39, 0.29) is 48.2 Å². The first-order valence-electron chi connectivity index (χ1n) is 12.1. The Labute approximate surface area is 209 Å². The summed E-state index contributed by atoms with van der Waals surface area (Å²) in [4.78, 5) is 41.4. The third kappa shape index (κ3) is 6.19. The first-order valence-corrected chi connectivity index (χ1v) is 12.1. The molecule has 0 radical (unpaired) electrons. The molecule has 3 aromatic rings. The predicted octanol–water partition coefficient (Wildman–Crippen LogP) is 4.61. The molecule has 0 bridgehead atoms. The number of halogens is 1. The number of amides is 2. The van der Waals surface area contributed by atoms with Crippen LogP contribution in [0.5, 0.6) is 0 Å². The molecule has 36 heavy (non-hydrogen) atoms. The summed E-state index contributed by atoms with van der Waals surface area (Å²) in [5.74, 6) is -1.15. The summed E-state index contributed by atoms with van der Waals surface area (Å²) in [7, 11) is 0. The second kappa shape index (κ2) is 11.7. The second-order valence-corrected chi connectivity index (χ2v) is 8.77. The molecule has 0 unspecified atom stereocenters. The lowest BCUT2D eigenvalue weighted by molar-refractivity contribution is -0.151. The van der Waals surface area contributed by atoms with E-state index in [0.29, 0.717) is 30.9 Å². The molecule has 1 aliphatic heterocycles. The van der Waals surface area contributed by atoms with Gasteiger partial charge in [0.15, 0.2) is 5.76 Å². The molecule has 1 aromatic heterocycles. The number of anilines is 1. The largest absolute Gasteiger partial charge is 0.466 e. The van der Waals surface area contributed by atoms with Gasteiger partial charge in [-0.15, -0.1) is 0 Å². The van der Waals surface area contributed by atoms with Crippen LogP contribution in [0.2, 0.25) is 0 Å². The van der Waals surface area contributed by atoms with Crippen molar-refractivity contribution in [2.75, 3.05) is 24.6 Å². The smallest absolute Gasteiger partial charge is 0.310 e. The van der Waals surface area contributed by atoms with E-state index in [4.69, 9.17) is 9.15 Å². The van der Waals surface area contributed by atoms with Crippen molar-refractivity contribution < 1.29 is 27.9 Å². The Hall–Kier alpha value is -3.94. The van der Waals surface area contributed by atoms with Crippen molar-refractivity contribution in [1.29, 1.82) is 0 Å². The van der Waals surface area contributed by atoms with Crippen LogP contribution in [0.3, 0.4) is 0 Å². The number of rotatable bonds is 8. The Morgan fingerprint density at radius 1 is 1.08 bits per heavy atom. The van der Waals surface area contributed by atoms with E-state index in [2.05, 4.69) is 0 Å². The quantitative estimate of drug-likeness (QED) is 0.429. The third-order valence-electron chi connectivity index (χ3n) is 6.20. The highest BCUT2D eigenvalue weighted by Gasteiger charge is 2.29. The zero-order valence-electron chi connectivity index (χ0n) is 20.2. The van der Waals surface area contributed by atoms with Gasteiger partial charge < -0.3 is 19.0 Å². The lowest BCUT2D eigenvalue weighted by Gasteiger charge is -2.31. The molecule has 188 valence electrons. The van der Waals surface area contributed by atoms with Gasteiger partial charge in [-0.25, -0.2) is 4.39 Å². The van der Waals surface area contributed by atoms with E-state index in [1.54, 1.807) is 60.4 Å². The van der Waals surface area contributed by atoms with Gasteiger partial charge in [-0.3, -0.25) is 14.4 Å². The molecule has 7 nitrogen and oxygen atoms in total. The van der Waals surface area contributed by atoms with Gasteiger partial charge in [0.25, 0.3) is 5.91 Å². The van der Waals surface area contributed by atoms with Gasteiger partial charge in [0, 0.05) is 18.8 Å². The Morgan fingerprint density at radius 3 is 2.58 bits per heavy atom.